The number of carbonyl (C=O) groups is 1. The fourth-order valence-electron chi connectivity index (χ4n) is 0.306. The summed E-state index contributed by atoms with van der Waals surface area (Å²) < 4.78 is 4.71. The van der Waals surface area contributed by atoms with Gasteiger partial charge in [0.05, 0.1) is 0 Å². The van der Waals surface area contributed by atoms with E-state index in [2.05, 4.69) is 6.58 Å². The molecule has 0 aliphatic carbocycles. The molecular weight excluding hydrogens is 116 g/mol. The van der Waals surface area contributed by atoms with Gasteiger partial charge in [0.2, 0.25) is 0 Å². The normalized spacial score (nSPS) is 8.67. The molecule has 0 saturated carbocycles. The van der Waals surface area contributed by atoms with Gasteiger partial charge in [0.15, 0.2) is 0 Å². The van der Waals surface area contributed by atoms with E-state index in [9.17, 15) is 4.79 Å². The minimum atomic E-state index is -0.169. The standard InChI is InChI=1S/C7H12O2/c1-4-7(8)9-5-6(2)3/h2,4-5H2,1,3H3. The summed E-state index contributed by atoms with van der Waals surface area (Å²) >= 11 is 0. The van der Waals surface area contributed by atoms with Gasteiger partial charge in [0, 0.05) is 6.42 Å². The first kappa shape index (κ1) is 8.21. The second-order valence-electron chi connectivity index (χ2n) is 1.97. The quantitative estimate of drug-likeness (QED) is 0.425. The summed E-state index contributed by atoms with van der Waals surface area (Å²) in [4.78, 5) is 10.5. The Labute approximate surface area is 55.5 Å². The van der Waals surface area contributed by atoms with E-state index in [1.54, 1.807) is 6.92 Å². The van der Waals surface area contributed by atoms with Crippen molar-refractivity contribution in [1.29, 1.82) is 0 Å². The van der Waals surface area contributed by atoms with E-state index in [1.165, 1.54) is 0 Å². The van der Waals surface area contributed by atoms with Crippen LogP contribution in [0.15, 0.2) is 12.2 Å². The van der Waals surface area contributed by atoms with E-state index in [1.807, 2.05) is 6.92 Å². The van der Waals surface area contributed by atoms with Gasteiger partial charge in [-0.2, -0.15) is 0 Å². The molecule has 9 heavy (non-hydrogen) atoms. The van der Waals surface area contributed by atoms with Gasteiger partial charge in [-0.25, -0.2) is 0 Å². The third-order valence-corrected chi connectivity index (χ3v) is 0.768. The summed E-state index contributed by atoms with van der Waals surface area (Å²) in [5.41, 5.74) is 0.872. The topological polar surface area (TPSA) is 26.3 Å². The molecule has 0 amide bonds. The smallest absolute Gasteiger partial charge is 0.305 e. The molecule has 0 radical (unpaired) electrons. The zero-order valence-electron chi connectivity index (χ0n) is 5.94. The van der Waals surface area contributed by atoms with E-state index in [4.69, 9.17) is 4.74 Å². The Balaban J connectivity index is 3.28. The Morgan fingerprint density at radius 1 is 1.67 bits per heavy atom. The summed E-state index contributed by atoms with van der Waals surface area (Å²) in [6, 6.07) is 0. The highest BCUT2D eigenvalue weighted by Crippen LogP contribution is 1.90. The fraction of sp³-hybridized carbons (Fsp3) is 0.571. The highest BCUT2D eigenvalue weighted by molar-refractivity contribution is 5.68. The van der Waals surface area contributed by atoms with Gasteiger partial charge in [-0.15, -0.1) is 0 Å². The maximum absolute atomic E-state index is 10.5. The molecule has 0 heterocycles. The number of hydrogen-bond donors (Lipinski definition) is 0. The number of hydrogen-bond acceptors (Lipinski definition) is 2. The summed E-state index contributed by atoms with van der Waals surface area (Å²) in [5.74, 6) is -0.169. The van der Waals surface area contributed by atoms with Crippen LogP contribution in [0.2, 0.25) is 0 Å². The van der Waals surface area contributed by atoms with Crippen LogP contribution < -0.4 is 0 Å². The molecule has 0 bridgehead atoms. The Morgan fingerprint density at radius 3 is 2.56 bits per heavy atom. The van der Waals surface area contributed by atoms with E-state index in [0.29, 0.717) is 13.0 Å². The average molecular weight is 128 g/mol. The van der Waals surface area contributed by atoms with Gasteiger partial charge in [0.25, 0.3) is 0 Å². The van der Waals surface area contributed by atoms with Crippen molar-refractivity contribution >= 4 is 5.97 Å². The lowest BCUT2D eigenvalue weighted by atomic mass is 10.4. The predicted molar refractivity (Wildman–Crippen MR) is 36.1 cm³/mol. The SMILES string of the molecule is C=C(C)COC(=O)CC. The molecule has 0 aromatic carbocycles. The van der Waals surface area contributed by atoms with Crippen LogP contribution in [0, 0.1) is 0 Å². The fourth-order valence-corrected chi connectivity index (χ4v) is 0.306. The number of esters is 1. The maximum Gasteiger partial charge on any atom is 0.305 e. The molecule has 0 fully saturated rings. The first-order chi connectivity index (χ1) is 4.16. The first-order valence-electron chi connectivity index (χ1n) is 2.96. The molecule has 0 aliphatic rings. The first-order valence-corrected chi connectivity index (χ1v) is 2.96. The predicted octanol–water partition coefficient (Wildman–Crippen LogP) is 1.52. The van der Waals surface area contributed by atoms with Gasteiger partial charge in [-0.3, -0.25) is 4.79 Å². The largest absolute Gasteiger partial charge is 0.461 e. The van der Waals surface area contributed by atoms with E-state index in [0.717, 1.165) is 5.57 Å². The van der Waals surface area contributed by atoms with Crippen LogP contribution in [-0.2, 0) is 9.53 Å². The Morgan fingerprint density at radius 2 is 2.22 bits per heavy atom. The van der Waals surface area contributed by atoms with Crippen molar-refractivity contribution in [2.24, 2.45) is 0 Å². The summed E-state index contributed by atoms with van der Waals surface area (Å²) in [6.45, 7) is 7.52. The molecule has 0 aromatic rings. The Hall–Kier alpha value is -0.790. The highest BCUT2D eigenvalue weighted by Gasteiger charge is 1.95. The van der Waals surface area contributed by atoms with Crippen LogP contribution >= 0.6 is 0 Å². The van der Waals surface area contributed by atoms with Crippen molar-refractivity contribution in [1.82, 2.24) is 0 Å². The Kier molecular flexibility index (Phi) is 3.76. The van der Waals surface area contributed by atoms with Crippen molar-refractivity contribution in [2.45, 2.75) is 20.3 Å². The molecule has 0 saturated heterocycles. The van der Waals surface area contributed by atoms with Crippen LogP contribution in [-0.4, -0.2) is 12.6 Å². The molecule has 0 rings (SSSR count). The highest BCUT2D eigenvalue weighted by atomic mass is 16.5. The van der Waals surface area contributed by atoms with Crippen molar-refractivity contribution in [3.8, 4) is 0 Å². The molecule has 2 nitrogen and oxygen atoms in total. The van der Waals surface area contributed by atoms with Crippen LogP contribution in [0.4, 0.5) is 0 Å². The summed E-state index contributed by atoms with van der Waals surface area (Å²) in [5, 5.41) is 0. The van der Waals surface area contributed by atoms with Crippen LogP contribution in [0.1, 0.15) is 20.3 Å². The molecule has 0 spiro atoms. The lowest BCUT2D eigenvalue weighted by Gasteiger charge is -1.99. The molecule has 2 heteroatoms. The summed E-state index contributed by atoms with van der Waals surface area (Å²) in [7, 11) is 0. The monoisotopic (exact) mass is 128 g/mol. The number of ether oxygens (including phenoxy) is 1. The van der Waals surface area contributed by atoms with Crippen molar-refractivity contribution in [2.75, 3.05) is 6.61 Å². The number of carbonyl (C=O) groups excluding carboxylic acids is 1. The van der Waals surface area contributed by atoms with Crippen LogP contribution in [0.3, 0.4) is 0 Å². The van der Waals surface area contributed by atoms with E-state index in [-0.39, 0.29) is 5.97 Å². The maximum atomic E-state index is 10.5. The lowest BCUT2D eigenvalue weighted by Crippen LogP contribution is -2.03. The van der Waals surface area contributed by atoms with Gasteiger partial charge in [-0.05, 0) is 12.5 Å². The summed E-state index contributed by atoms with van der Waals surface area (Å²) in [6.07, 6.45) is 0.438. The molecule has 0 unspecified atom stereocenters. The molecule has 0 N–H and O–H groups in total. The Bertz CT molecular complexity index is 116. The van der Waals surface area contributed by atoms with Crippen molar-refractivity contribution in [3.63, 3.8) is 0 Å². The zero-order chi connectivity index (χ0) is 7.28. The van der Waals surface area contributed by atoms with E-state index >= 15 is 0 Å². The van der Waals surface area contributed by atoms with Gasteiger partial charge in [0.1, 0.15) is 6.61 Å². The third-order valence-electron chi connectivity index (χ3n) is 0.768. The molecule has 0 aliphatic heterocycles. The third kappa shape index (κ3) is 5.07. The van der Waals surface area contributed by atoms with Gasteiger partial charge < -0.3 is 4.74 Å². The molecular formula is C7H12O2. The average Bonchev–Trinajstić information content (AvgIpc) is 1.83. The minimum Gasteiger partial charge on any atom is -0.461 e. The van der Waals surface area contributed by atoms with Crippen LogP contribution in [0.5, 0.6) is 0 Å². The van der Waals surface area contributed by atoms with Crippen molar-refractivity contribution in [3.05, 3.63) is 12.2 Å². The van der Waals surface area contributed by atoms with Crippen LogP contribution in [0.25, 0.3) is 0 Å². The molecule has 52 valence electrons. The second kappa shape index (κ2) is 4.13. The van der Waals surface area contributed by atoms with Gasteiger partial charge >= 0.3 is 5.97 Å². The van der Waals surface area contributed by atoms with Gasteiger partial charge in [-0.1, -0.05) is 13.5 Å². The zero-order valence-corrected chi connectivity index (χ0v) is 5.94. The van der Waals surface area contributed by atoms with Crippen molar-refractivity contribution < 1.29 is 9.53 Å². The lowest BCUT2D eigenvalue weighted by molar-refractivity contribution is -0.142. The second-order valence-corrected chi connectivity index (χ2v) is 1.97. The minimum absolute atomic E-state index is 0.169. The molecule has 0 aromatic heterocycles. The van der Waals surface area contributed by atoms with E-state index < -0.39 is 0 Å². The molecule has 0 atom stereocenters. The number of rotatable bonds is 3.